The number of halogens is 1. The van der Waals surface area contributed by atoms with E-state index in [1.54, 1.807) is 4.81 Å². The number of aliphatic hydroxyl groups excluding tert-OH is 1. The van der Waals surface area contributed by atoms with Crippen LogP contribution in [0.4, 0.5) is 4.39 Å². The van der Waals surface area contributed by atoms with Crippen molar-refractivity contribution < 1.29 is 14.3 Å². The molecule has 2 atom stereocenters. The lowest BCUT2D eigenvalue weighted by molar-refractivity contribution is 0.0301. The van der Waals surface area contributed by atoms with Gasteiger partial charge in [0.1, 0.15) is 6.17 Å². The Balaban J connectivity index is 2.33. The van der Waals surface area contributed by atoms with Gasteiger partial charge in [0.05, 0.1) is 12.3 Å². The zero-order valence-corrected chi connectivity index (χ0v) is 6.24. The Kier molecular flexibility index (Phi) is 3.02. The van der Waals surface area contributed by atoms with Gasteiger partial charge in [0.25, 0.3) is 7.41 Å². The summed E-state index contributed by atoms with van der Waals surface area (Å²) < 4.78 is 12.7. The lowest BCUT2D eigenvalue weighted by Crippen LogP contribution is -2.46. The number of rotatable bonds is 2. The molecule has 1 saturated heterocycles. The predicted octanol–water partition coefficient (Wildman–Crippen LogP) is -1.07. The molecule has 1 N–H and O–H groups in total. The van der Waals surface area contributed by atoms with Crippen LogP contribution in [0.25, 0.3) is 0 Å². The van der Waals surface area contributed by atoms with Crippen LogP contribution < -0.4 is 0 Å². The maximum Gasteiger partial charge on any atom is 0.281 e. The number of piperidine rings is 1. The molecule has 1 rings (SSSR count). The predicted molar refractivity (Wildman–Crippen MR) is 41.0 cm³/mol. The molecule has 1 fully saturated rings. The van der Waals surface area contributed by atoms with E-state index in [0.717, 1.165) is 6.19 Å². The fourth-order valence-corrected chi connectivity index (χ4v) is 1.23. The van der Waals surface area contributed by atoms with E-state index in [9.17, 15) is 9.18 Å². The van der Waals surface area contributed by atoms with Crippen LogP contribution in [-0.2, 0) is 4.79 Å². The quantitative estimate of drug-likeness (QED) is 0.412. The van der Waals surface area contributed by atoms with E-state index >= 15 is 0 Å². The third-order valence-corrected chi connectivity index (χ3v) is 1.92. The highest BCUT2D eigenvalue weighted by molar-refractivity contribution is 6.64. The van der Waals surface area contributed by atoms with Crippen LogP contribution in [0.1, 0.15) is 6.42 Å². The minimum absolute atomic E-state index is 0.180. The average Bonchev–Trinajstić information content (AvgIpc) is 1.98. The van der Waals surface area contributed by atoms with Crippen LogP contribution in [-0.4, -0.2) is 48.9 Å². The van der Waals surface area contributed by atoms with Gasteiger partial charge in [0.15, 0.2) is 0 Å². The topological polar surface area (TPSA) is 40.5 Å². The standard InChI is InChI=1S/C6H11BFNO2/c8-5-3-9(7-4-10)2-1-6(5)11/h4-7,11H,1-3H2/t5-,6+/m0/s1. The Morgan fingerprint density at radius 1 is 1.73 bits per heavy atom. The fraction of sp³-hybridized carbons (Fsp3) is 0.833. The summed E-state index contributed by atoms with van der Waals surface area (Å²) >= 11 is 0. The Morgan fingerprint density at radius 2 is 2.45 bits per heavy atom. The molecule has 0 saturated carbocycles. The Labute approximate surface area is 65.4 Å². The minimum Gasteiger partial charge on any atom is -0.390 e. The van der Waals surface area contributed by atoms with Crippen LogP contribution in [0, 0.1) is 0 Å². The summed E-state index contributed by atoms with van der Waals surface area (Å²) in [5.41, 5.74) is 0. The van der Waals surface area contributed by atoms with Crippen LogP contribution in [0.5, 0.6) is 0 Å². The van der Waals surface area contributed by atoms with Crippen molar-refractivity contribution in [3.05, 3.63) is 0 Å². The molecule has 0 amide bonds. The van der Waals surface area contributed by atoms with Gasteiger partial charge in [-0.2, -0.15) is 0 Å². The minimum atomic E-state index is -1.19. The van der Waals surface area contributed by atoms with Crippen molar-refractivity contribution in [3.8, 4) is 0 Å². The molecule has 0 spiro atoms. The summed E-state index contributed by atoms with van der Waals surface area (Å²) in [4.78, 5) is 11.7. The third kappa shape index (κ3) is 2.27. The van der Waals surface area contributed by atoms with Crippen molar-refractivity contribution >= 4 is 13.6 Å². The largest absolute Gasteiger partial charge is 0.390 e. The molecule has 0 aliphatic carbocycles. The van der Waals surface area contributed by atoms with Gasteiger partial charge in [-0.3, -0.25) is 0 Å². The lowest BCUT2D eigenvalue weighted by atomic mass is 9.90. The molecule has 0 radical (unpaired) electrons. The molecule has 1 aliphatic rings. The van der Waals surface area contributed by atoms with E-state index < -0.39 is 12.3 Å². The Hall–Kier alpha value is -0.415. The van der Waals surface area contributed by atoms with Crippen molar-refractivity contribution in [2.24, 2.45) is 0 Å². The maximum atomic E-state index is 12.7. The lowest BCUT2D eigenvalue weighted by Gasteiger charge is -2.30. The Morgan fingerprint density at radius 3 is 3.00 bits per heavy atom. The van der Waals surface area contributed by atoms with Crippen molar-refractivity contribution in [1.82, 2.24) is 4.81 Å². The van der Waals surface area contributed by atoms with Gasteiger partial charge in [0.2, 0.25) is 0 Å². The summed E-state index contributed by atoms with van der Waals surface area (Å²) in [5.74, 6) is 0. The summed E-state index contributed by atoms with van der Waals surface area (Å²) in [5, 5.41) is 8.97. The van der Waals surface area contributed by atoms with Crippen LogP contribution in [0.3, 0.4) is 0 Å². The average molecular weight is 159 g/mol. The molecule has 0 aromatic rings. The molecule has 0 bridgehead atoms. The summed E-state index contributed by atoms with van der Waals surface area (Å²) in [7, 11) is 0.271. The fourth-order valence-electron chi connectivity index (χ4n) is 1.23. The van der Waals surface area contributed by atoms with Gasteiger partial charge in [-0.1, -0.05) is 0 Å². The number of alkyl halides is 1. The summed E-state index contributed by atoms with van der Waals surface area (Å²) in [6.45, 7) is 0.792. The highest BCUT2D eigenvalue weighted by Crippen LogP contribution is 2.12. The van der Waals surface area contributed by atoms with E-state index in [-0.39, 0.29) is 14.0 Å². The van der Waals surface area contributed by atoms with E-state index in [4.69, 9.17) is 5.11 Å². The van der Waals surface area contributed by atoms with Gasteiger partial charge in [-0.25, -0.2) is 4.39 Å². The number of carbonyl (C=O) groups is 1. The second-order valence-corrected chi connectivity index (χ2v) is 2.80. The van der Waals surface area contributed by atoms with E-state index in [2.05, 4.69) is 0 Å². The third-order valence-electron chi connectivity index (χ3n) is 1.92. The van der Waals surface area contributed by atoms with Crippen molar-refractivity contribution in [2.45, 2.75) is 18.7 Å². The highest BCUT2D eigenvalue weighted by atomic mass is 19.1. The van der Waals surface area contributed by atoms with Crippen LogP contribution >= 0.6 is 0 Å². The van der Waals surface area contributed by atoms with Gasteiger partial charge in [-0.15, -0.1) is 0 Å². The molecule has 62 valence electrons. The second kappa shape index (κ2) is 3.83. The molecular weight excluding hydrogens is 148 g/mol. The first kappa shape index (κ1) is 8.68. The van der Waals surface area contributed by atoms with Crippen LogP contribution in [0.2, 0.25) is 0 Å². The first-order valence-electron chi connectivity index (χ1n) is 3.72. The molecule has 1 aliphatic heterocycles. The molecule has 1 heterocycles. The molecule has 3 nitrogen and oxygen atoms in total. The zero-order valence-electron chi connectivity index (χ0n) is 6.24. The van der Waals surface area contributed by atoms with E-state index in [0.29, 0.717) is 13.0 Å². The zero-order chi connectivity index (χ0) is 8.27. The first-order chi connectivity index (χ1) is 5.24. The SMILES string of the molecule is O=CBN1CC[C@@H](O)[C@@H](F)C1. The molecule has 0 aromatic carbocycles. The second-order valence-electron chi connectivity index (χ2n) is 2.80. The molecule has 11 heavy (non-hydrogen) atoms. The van der Waals surface area contributed by atoms with Crippen molar-refractivity contribution in [1.29, 1.82) is 0 Å². The highest BCUT2D eigenvalue weighted by Gasteiger charge is 2.26. The van der Waals surface area contributed by atoms with Crippen molar-refractivity contribution in [2.75, 3.05) is 13.1 Å². The number of hydrogen-bond acceptors (Lipinski definition) is 3. The first-order valence-corrected chi connectivity index (χ1v) is 3.72. The Bertz CT molecular complexity index is 147. The van der Waals surface area contributed by atoms with Gasteiger partial charge in [0, 0.05) is 6.54 Å². The number of hydrogen-bond donors (Lipinski definition) is 1. The summed E-state index contributed by atoms with van der Waals surface area (Å²) in [6.07, 6.45) is -0.846. The molecule has 0 unspecified atom stereocenters. The smallest absolute Gasteiger partial charge is 0.281 e. The number of nitrogens with zero attached hydrogens (tertiary/aromatic N) is 1. The van der Waals surface area contributed by atoms with Gasteiger partial charge in [-0.05, 0) is 13.0 Å². The number of aliphatic hydroxyl groups is 1. The number of carbonyl (C=O) groups excluding carboxylic acids is 1. The van der Waals surface area contributed by atoms with Gasteiger partial charge < -0.3 is 14.7 Å². The molecule has 5 heteroatoms. The molecule has 0 aromatic heterocycles. The summed E-state index contributed by atoms with van der Waals surface area (Å²) in [6, 6.07) is 0. The van der Waals surface area contributed by atoms with Crippen molar-refractivity contribution in [3.63, 3.8) is 0 Å². The maximum absolute atomic E-state index is 12.7. The normalized spacial score (nSPS) is 33.3. The molecular formula is C6H11BFNO2. The van der Waals surface area contributed by atoms with Crippen LogP contribution in [0.15, 0.2) is 0 Å². The van der Waals surface area contributed by atoms with E-state index in [1.165, 1.54) is 0 Å². The monoisotopic (exact) mass is 159 g/mol. The van der Waals surface area contributed by atoms with Gasteiger partial charge >= 0.3 is 0 Å². The van der Waals surface area contributed by atoms with E-state index in [1.807, 2.05) is 0 Å².